The maximum atomic E-state index is 4.76. The molecule has 0 bridgehead atoms. The van der Waals surface area contributed by atoms with E-state index in [9.17, 15) is 0 Å². The summed E-state index contributed by atoms with van der Waals surface area (Å²) in [6, 6.07) is 27.9. The minimum atomic E-state index is 1.09. The smallest absolute Gasteiger partial charge is 0.0808 e. The first-order valence-corrected chi connectivity index (χ1v) is 8.51. The quantitative estimate of drug-likeness (QED) is 0.344. The maximum absolute atomic E-state index is 4.76. The van der Waals surface area contributed by atoms with E-state index in [4.69, 9.17) is 4.98 Å². The average Bonchev–Trinajstić information content (AvgIpc) is 3.03. The van der Waals surface area contributed by atoms with Gasteiger partial charge in [-0.15, -0.1) is 0 Å². The molecular weight excluding hydrogens is 304 g/mol. The van der Waals surface area contributed by atoms with Crippen LogP contribution in [0.25, 0.3) is 49.2 Å². The molecule has 0 aliphatic heterocycles. The van der Waals surface area contributed by atoms with Gasteiger partial charge in [0.2, 0.25) is 0 Å². The van der Waals surface area contributed by atoms with Crippen LogP contribution in [0.1, 0.15) is 0 Å². The third-order valence-electron chi connectivity index (χ3n) is 5.19. The lowest BCUT2D eigenvalue weighted by Gasteiger charge is -2.07. The van der Waals surface area contributed by atoms with Gasteiger partial charge in [-0.3, -0.25) is 4.98 Å². The van der Waals surface area contributed by atoms with E-state index in [2.05, 4.69) is 83.4 Å². The zero-order valence-electron chi connectivity index (χ0n) is 13.5. The average molecular weight is 318 g/mol. The van der Waals surface area contributed by atoms with E-state index in [1.807, 2.05) is 6.20 Å². The Hall–Kier alpha value is -3.39. The molecule has 2 heterocycles. The zero-order chi connectivity index (χ0) is 16.4. The summed E-state index contributed by atoms with van der Waals surface area (Å²) in [6.45, 7) is 0. The van der Waals surface area contributed by atoms with E-state index < -0.39 is 0 Å². The Bertz CT molecular complexity index is 1290. The molecule has 0 spiro atoms. The largest absolute Gasteiger partial charge is 0.309 e. The first-order valence-electron chi connectivity index (χ1n) is 8.51. The Morgan fingerprint density at radius 1 is 0.560 bits per heavy atom. The fourth-order valence-electron chi connectivity index (χ4n) is 4.21. The van der Waals surface area contributed by atoms with Gasteiger partial charge in [-0.1, -0.05) is 54.6 Å². The molecule has 2 nitrogen and oxygen atoms in total. The van der Waals surface area contributed by atoms with Gasteiger partial charge in [0.15, 0.2) is 0 Å². The third-order valence-corrected chi connectivity index (χ3v) is 5.19. The van der Waals surface area contributed by atoms with Crippen LogP contribution in [0.3, 0.4) is 0 Å². The molecule has 2 heteroatoms. The molecule has 4 aromatic carbocycles. The lowest BCUT2D eigenvalue weighted by Crippen LogP contribution is -1.92. The van der Waals surface area contributed by atoms with Crippen molar-refractivity contribution in [2.24, 2.45) is 0 Å². The molecule has 2 aromatic heterocycles. The molecule has 0 saturated heterocycles. The highest BCUT2D eigenvalue weighted by Gasteiger charge is 2.19. The zero-order valence-corrected chi connectivity index (χ0v) is 13.5. The van der Waals surface area contributed by atoms with Crippen molar-refractivity contribution in [3.05, 3.63) is 85.1 Å². The van der Waals surface area contributed by atoms with E-state index in [1.165, 1.54) is 43.7 Å². The topological polar surface area (TPSA) is 17.8 Å². The van der Waals surface area contributed by atoms with Crippen LogP contribution in [0.2, 0.25) is 0 Å². The van der Waals surface area contributed by atoms with Crippen LogP contribution in [0.5, 0.6) is 0 Å². The van der Waals surface area contributed by atoms with Crippen LogP contribution >= 0.6 is 0 Å². The lowest BCUT2D eigenvalue weighted by molar-refractivity contribution is 1.18. The third kappa shape index (κ3) is 1.56. The van der Waals surface area contributed by atoms with Gasteiger partial charge in [-0.2, -0.15) is 0 Å². The summed E-state index contributed by atoms with van der Waals surface area (Å²) in [5.74, 6) is 0. The van der Waals surface area contributed by atoms with Crippen LogP contribution in [0, 0.1) is 0 Å². The second-order valence-corrected chi connectivity index (χ2v) is 6.47. The number of nitrogens with zero attached hydrogens (tertiary/aromatic N) is 2. The highest BCUT2D eigenvalue weighted by molar-refractivity contribution is 6.33. The van der Waals surface area contributed by atoms with Crippen LogP contribution in [0.4, 0.5) is 0 Å². The van der Waals surface area contributed by atoms with Gasteiger partial charge >= 0.3 is 0 Å². The summed E-state index contributed by atoms with van der Waals surface area (Å²) in [6.07, 6.45) is 1.93. The Morgan fingerprint density at radius 2 is 1.28 bits per heavy atom. The van der Waals surface area contributed by atoms with Gasteiger partial charge in [-0.25, -0.2) is 0 Å². The summed E-state index contributed by atoms with van der Waals surface area (Å²) in [4.78, 5) is 4.76. The van der Waals surface area contributed by atoms with Crippen LogP contribution in [0.15, 0.2) is 85.1 Å². The number of benzene rings is 4. The SMILES string of the molecule is c1ccc(-n2c3cccc4c5ccccc5c5nccc2c5c43)cc1. The molecule has 6 aromatic rings. The number of aromatic nitrogens is 2. The van der Waals surface area contributed by atoms with Crippen molar-refractivity contribution in [3.8, 4) is 5.69 Å². The van der Waals surface area contributed by atoms with Crippen molar-refractivity contribution in [3.63, 3.8) is 0 Å². The van der Waals surface area contributed by atoms with E-state index in [0.29, 0.717) is 0 Å². The van der Waals surface area contributed by atoms with Crippen LogP contribution in [-0.4, -0.2) is 9.55 Å². The van der Waals surface area contributed by atoms with Crippen molar-refractivity contribution in [2.45, 2.75) is 0 Å². The molecule has 0 aliphatic carbocycles. The van der Waals surface area contributed by atoms with E-state index in [-0.39, 0.29) is 0 Å². The molecular formula is C23H14N2. The second-order valence-electron chi connectivity index (χ2n) is 6.47. The summed E-state index contributed by atoms with van der Waals surface area (Å²) in [5, 5.41) is 6.36. The molecule has 0 aliphatic rings. The van der Waals surface area contributed by atoms with Crippen LogP contribution < -0.4 is 0 Å². The lowest BCUT2D eigenvalue weighted by atomic mass is 9.97. The van der Waals surface area contributed by atoms with Gasteiger partial charge in [0.05, 0.1) is 16.6 Å². The molecule has 6 rings (SSSR count). The molecule has 0 unspecified atom stereocenters. The summed E-state index contributed by atoms with van der Waals surface area (Å²) < 4.78 is 2.35. The van der Waals surface area contributed by atoms with E-state index in [0.717, 1.165) is 5.52 Å². The normalized spacial score (nSPS) is 12.0. The molecule has 116 valence electrons. The van der Waals surface area contributed by atoms with E-state index in [1.54, 1.807) is 0 Å². The molecule has 0 radical (unpaired) electrons. The van der Waals surface area contributed by atoms with Gasteiger partial charge in [0.1, 0.15) is 0 Å². The van der Waals surface area contributed by atoms with Crippen molar-refractivity contribution >= 4 is 43.5 Å². The van der Waals surface area contributed by atoms with Crippen molar-refractivity contribution in [1.29, 1.82) is 0 Å². The molecule has 0 atom stereocenters. The standard InChI is InChI=1S/C23H14N2/c1-2-7-15(8-3-1)25-19-12-6-11-17-16-9-4-5-10-18(16)23-22(21(17)19)20(25)13-14-24-23/h1-14H. The number of hydrogen-bond donors (Lipinski definition) is 0. The molecule has 25 heavy (non-hydrogen) atoms. The predicted octanol–water partition coefficient (Wildman–Crippen LogP) is 5.92. The number of pyridine rings is 1. The molecule has 0 fully saturated rings. The van der Waals surface area contributed by atoms with Gasteiger partial charge in [0, 0.05) is 28.0 Å². The van der Waals surface area contributed by atoms with Crippen LogP contribution in [-0.2, 0) is 0 Å². The number of rotatable bonds is 1. The number of fused-ring (bicyclic) bond motifs is 3. The van der Waals surface area contributed by atoms with Crippen molar-refractivity contribution < 1.29 is 0 Å². The minimum absolute atomic E-state index is 1.09. The first kappa shape index (κ1) is 13.0. The Kier molecular flexibility index (Phi) is 2.37. The van der Waals surface area contributed by atoms with Crippen molar-refractivity contribution in [1.82, 2.24) is 9.55 Å². The predicted molar refractivity (Wildman–Crippen MR) is 105 cm³/mol. The summed E-state index contributed by atoms with van der Waals surface area (Å²) >= 11 is 0. The van der Waals surface area contributed by atoms with E-state index >= 15 is 0 Å². The Balaban J connectivity index is 2.00. The highest BCUT2D eigenvalue weighted by atomic mass is 15.0. The Morgan fingerprint density at radius 3 is 2.16 bits per heavy atom. The Labute approximate surface area is 144 Å². The number of para-hydroxylation sites is 1. The van der Waals surface area contributed by atoms with Gasteiger partial charge in [-0.05, 0) is 35.0 Å². The van der Waals surface area contributed by atoms with Gasteiger partial charge < -0.3 is 4.57 Å². The van der Waals surface area contributed by atoms with Crippen molar-refractivity contribution in [2.75, 3.05) is 0 Å². The maximum Gasteiger partial charge on any atom is 0.0808 e. The minimum Gasteiger partial charge on any atom is -0.309 e. The fourth-order valence-corrected chi connectivity index (χ4v) is 4.21. The molecule has 0 amide bonds. The molecule has 0 N–H and O–H groups in total. The summed E-state index contributed by atoms with van der Waals surface area (Å²) in [5.41, 5.74) is 4.73. The van der Waals surface area contributed by atoms with Gasteiger partial charge in [0.25, 0.3) is 0 Å². The molecule has 0 saturated carbocycles. The number of hydrogen-bond acceptors (Lipinski definition) is 1. The fraction of sp³-hybridized carbons (Fsp3) is 0. The first-order chi connectivity index (χ1) is 12.4. The monoisotopic (exact) mass is 318 g/mol. The highest BCUT2D eigenvalue weighted by Crippen LogP contribution is 2.42. The second kappa shape index (κ2) is 4.58. The summed E-state index contributed by atoms with van der Waals surface area (Å²) in [7, 11) is 0.